The molecule has 0 spiro atoms. The second kappa shape index (κ2) is 11.8. The number of hydrogen-bond donors (Lipinski definition) is 4. The number of carbonyl (C=O) groups excluding carboxylic acids is 2. The smallest absolute Gasteiger partial charge is 0.237 e. The monoisotopic (exact) mass is 524 g/mol. The van der Waals surface area contributed by atoms with E-state index in [-0.39, 0.29) is 42.2 Å². The first-order chi connectivity index (χ1) is 18.5. The largest absolute Gasteiger partial charge is 0.496 e. The molecule has 2 aromatic rings. The van der Waals surface area contributed by atoms with E-state index in [9.17, 15) is 14.0 Å². The molecule has 10 heteroatoms. The van der Waals surface area contributed by atoms with Gasteiger partial charge in [-0.25, -0.2) is 9.82 Å². The van der Waals surface area contributed by atoms with Gasteiger partial charge in [0.15, 0.2) is 0 Å². The van der Waals surface area contributed by atoms with E-state index in [1.54, 1.807) is 31.6 Å². The lowest BCUT2D eigenvalue weighted by Gasteiger charge is -2.40. The number of halogens is 1. The van der Waals surface area contributed by atoms with Crippen molar-refractivity contribution in [2.75, 3.05) is 20.7 Å². The second-order valence-electron chi connectivity index (χ2n) is 10.6. The van der Waals surface area contributed by atoms with Gasteiger partial charge in [0, 0.05) is 56.1 Å². The van der Waals surface area contributed by atoms with Crippen LogP contribution in [0.3, 0.4) is 0 Å². The van der Waals surface area contributed by atoms with Gasteiger partial charge in [0.1, 0.15) is 11.6 Å². The van der Waals surface area contributed by atoms with Crippen LogP contribution in [0.25, 0.3) is 0 Å². The zero-order valence-corrected chi connectivity index (χ0v) is 22.0. The van der Waals surface area contributed by atoms with Gasteiger partial charge in [-0.1, -0.05) is 6.07 Å². The summed E-state index contributed by atoms with van der Waals surface area (Å²) in [4.78, 5) is 32.2. The zero-order chi connectivity index (χ0) is 26.6. The third-order valence-corrected chi connectivity index (χ3v) is 8.42. The van der Waals surface area contributed by atoms with Crippen molar-refractivity contribution in [2.45, 2.75) is 62.8 Å². The number of nitrogens with one attached hydrogen (secondary N) is 4. The number of rotatable bonds is 7. The fourth-order valence-electron chi connectivity index (χ4n) is 6.40. The van der Waals surface area contributed by atoms with Crippen molar-refractivity contribution in [3.63, 3.8) is 0 Å². The molecular formula is C28H37FN6O3. The predicted octanol–water partition coefficient (Wildman–Crippen LogP) is 2.06. The van der Waals surface area contributed by atoms with Crippen molar-refractivity contribution >= 4 is 11.8 Å². The van der Waals surface area contributed by atoms with Crippen LogP contribution in [0.4, 0.5) is 4.39 Å². The molecule has 0 radical (unpaired) electrons. The van der Waals surface area contributed by atoms with Crippen molar-refractivity contribution in [1.29, 1.82) is 0 Å². The number of likely N-dealkylation sites (tertiary alicyclic amines) is 1. The minimum Gasteiger partial charge on any atom is -0.496 e. The Labute approximate surface area is 222 Å². The van der Waals surface area contributed by atoms with Crippen molar-refractivity contribution in [1.82, 2.24) is 31.4 Å². The number of piperidine rings is 1. The second-order valence-corrected chi connectivity index (χ2v) is 10.6. The van der Waals surface area contributed by atoms with Gasteiger partial charge >= 0.3 is 0 Å². The van der Waals surface area contributed by atoms with Crippen LogP contribution in [-0.2, 0) is 16.1 Å². The molecule has 2 amide bonds. The highest BCUT2D eigenvalue weighted by atomic mass is 19.1. The zero-order valence-electron chi connectivity index (χ0n) is 22.0. The summed E-state index contributed by atoms with van der Waals surface area (Å²) in [6.45, 7) is 0.682. The van der Waals surface area contributed by atoms with Crippen LogP contribution < -0.4 is 26.2 Å². The van der Waals surface area contributed by atoms with E-state index < -0.39 is 6.04 Å². The molecular weight excluding hydrogens is 487 g/mol. The summed E-state index contributed by atoms with van der Waals surface area (Å²) < 4.78 is 20.1. The number of hydrazine groups is 1. The van der Waals surface area contributed by atoms with E-state index in [2.05, 4.69) is 26.5 Å². The molecule has 2 saturated heterocycles. The van der Waals surface area contributed by atoms with Crippen molar-refractivity contribution < 1.29 is 18.7 Å². The Kier molecular flexibility index (Phi) is 8.21. The molecule has 0 bridgehead atoms. The summed E-state index contributed by atoms with van der Waals surface area (Å²) in [6, 6.07) is 8.75. The topological polar surface area (TPSA) is 108 Å². The number of carbonyl (C=O) groups is 2. The summed E-state index contributed by atoms with van der Waals surface area (Å²) in [5.74, 6) is 0.286. The highest BCUT2D eigenvalue weighted by molar-refractivity contribution is 5.82. The van der Waals surface area contributed by atoms with Gasteiger partial charge in [0.25, 0.3) is 0 Å². The molecule has 3 fully saturated rings. The quantitative estimate of drug-likeness (QED) is 0.439. The Balaban J connectivity index is 1.25. The van der Waals surface area contributed by atoms with Crippen LogP contribution in [0.15, 0.2) is 42.7 Å². The van der Waals surface area contributed by atoms with Gasteiger partial charge in [0.2, 0.25) is 11.8 Å². The van der Waals surface area contributed by atoms with Gasteiger partial charge in [-0.2, -0.15) is 0 Å². The maximum absolute atomic E-state index is 14.7. The Bertz CT molecular complexity index is 1130. The van der Waals surface area contributed by atoms with E-state index in [0.717, 1.165) is 19.3 Å². The number of aromatic nitrogens is 1. The molecule has 1 aromatic carbocycles. The Hall–Kier alpha value is -3.08. The van der Waals surface area contributed by atoms with E-state index in [1.165, 1.54) is 18.7 Å². The average Bonchev–Trinajstić information content (AvgIpc) is 3.37. The minimum absolute atomic E-state index is 0.0654. The first-order valence-electron chi connectivity index (χ1n) is 13.5. The van der Waals surface area contributed by atoms with Gasteiger partial charge in [-0.15, -0.1) is 0 Å². The number of likely N-dealkylation sites (N-methyl/N-ethyl adjacent to an activating group) is 1. The lowest BCUT2D eigenvalue weighted by molar-refractivity contribution is -0.129. The first kappa shape index (κ1) is 26.5. The number of methoxy groups -OCH3 is 1. The molecule has 1 saturated carbocycles. The standard InChI is InChI=1S/C28H37FN6O3/c1-30-28(37)24-9-7-19(15-35(24)16-21-22(29)4-3-5-25(21)38-2)32-27(36)18-6-8-23-20(14-18)26(34-33-23)17-10-12-31-13-11-17/h3-5,10-13,18-20,23-24,26,33-34H,6-9,14-16H2,1-2H3,(H,30,37)(H,32,36)/t18?,19-,20?,23?,24+,26?/m1/s1. The molecule has 4 N–H and O–H groups in total. The fourth-order valence-corrected chi connectivity index (χ4v) is 6.40. The van der Waals surface area contributed by atoms with E-state index in [0.29, 0.717) is 42.7 Å². The third kappa shape index (κ3) is 5.52. The number of fused-ring (bicyclic) bond motifs is 1. The van der Waals surface area contributed by atoms with E-state index in [1.807, 2.05) is 17.0 Å². The third-order valence-electron chi connectivity index (χ3n) is 8.42. The minimum atomic E-state index is -0.398. The fraction of sp³-hybridized carbons (Fsp3) is 0.536. The summed E-state index contributed by atoms with van der Waals surface area (Å²) in [5.41, 5.74) is 8.44. The number of nitrogens with zero attached hydrogens (tertiary/aromatic N) is 2. The lowest BCUT2D eigenvalue weighted by Crippen LogP contribution is -2.56. The summed E-state index contributed by atoms with van der Waals surface area (Å²) in [7, 11) is 3.12. The van der Waals surface area contributed by atoms with Crippen molar-refractivity contribution in [3.05, 3.63) is 59.7 Å². The number of amides is 2. The molecule has 4 unspecified atom stereocenters. The summed E-state index contributed by atoms with van der Waals surface area (Å²) in [6.07, 6.45) is 7.43. The maximum atomic E-state index is 14.7. The summed E-state index contributed by atoms with van der Waals surface area (Å²) in [5, 5.41) is 6.00. The molecule has 1 aromatic heterocycles. The van der Waals surface area contributed by atoms with Crippen LogP contribution >= 0.6 is 0 Å². The van der Waals surface area contributed by atoms with Gasteiger partial charge in [0.05, 0.1) is 19.2 Å². The number of ether oxygens (including phenoxy) is 1. The van der Waals surface area contributed by atoms with Gasteiger partial charge in [-0.05, 0) is 67.9 Å². The maximum Gasteiger partial charge on any atom is 0.237 e. The average molecular weight is 525 g/mol. The Morgan fingerprint density at radius 2 is 1.92 bits per heavy atom. The molecule has 3 aliphatic rings. The molecule has 1 aliphatic carbocycles. The molecule has 2 aliphatic heterocycles. The van der Waals surface area contributed by atoms with Crippen molar-refractivity contribution in [2.24, 2.45) is 11.8 Å². The molecule has 204 valence electrons. The molecule has 38 heavy (non-hydrogen) atoms. The normalized spacial score (nSPS) is 29.3. The Morgan fingerprint density at radius 3 is 2.68 bits per heavy atom. The Morgan fingerprint density at radius 1 is 1.11 bits per heavy atom. The first-order valence-corrected chi connectivity index (χ1v) is 13.5. The molecule has 5 rings (SSSR count). The predicted molar refractivity (Wildman–Crippen MR) is 140 cm³/mol. The number of pyridine rings is 1. The van der Waals surface area contributed by atoms with Crippen LogP contribution in [0.5, 0.6) is 5.75 Å². The summed E-state index contributed by atoms with van der Waals surface area (Å²) >= 11 is 0. The van der Waals surface area contributed by atoms with Crippen LogP contribution in [0, 0.1) is 17.7 Å². The van der Waals surface area contributed by atoms with E-state index in [4.69, 9.17) is 4.74 Å². The molecule has 9 nitrogen and oxygen atoms in total. The van der Waals surface area contributed by atoms with Gasteiger partial charge in [-0.3, -0.25) is 24.9 Å². The highest BCUT2D eigenvalue weighted by Gasteiger charge is 2.43. The molecule has 6 atom stereocenters. The SMILES string of the molecule is CNC(=O)[C@@H]1CC[C@@H](NC(=O)C2CCC3NNC(c4ccncc4)C3C2)CN1Cc1c(F)cccc1OC. The van der Waals surface area contributed by atoms with E-state index >= 15 is 0 Å². The van der Waals surface area contributed by atoms with Gasteiger partial charge < -0.3 is 15.4 Å². The highest BCUT2D eigenvalue weighted by Crippen LogP contribution is 2.40. The lowest BCUT2D eigenvalue weighted by atomic mass is 9.74. The van der Waals surface area contributed by atoms with Crippen LogP contribution in [0.1, 0.15) is 49.3 Å². The molecule has 3 heterocycles. The van der Waals surface area contributed by atoms with Crippen LogP contribution in [-0.4, -0.2) is 60.5 Å². The number of benzene rings is 1. The number of hydrogen-bond acceptors (Lipinski definition) is 7. The van der Waals surface area contributed by atoms with Crippen molar-refractivity contribution in [3.8, 4) is 5.75 Å². The van der Waals surface area contributed by atoms with Crippen LogP contribution in [0.2, 0.25) is 0 Å².